The van der Waals surface area contributed by atoms with Crippen LogP contribution in [0.3, 0.4) is 0 Å². The molecule has 0 aromatic heterocycles. The first kappa shape index (κ1) is 22.4. The van der Waals surface area contributed by atoms with Crippen molar-refractivity contribution < 1.29 is 39.8 Å². The Morgan fingerprint density at radius 2 is 1.78 bits per heavy atom. The largest absolute Gasteiger partial charge is 0.394 e. The Morgan fingerprint density at radius 1 is 1.15 bits per heavy atom. The molecule has 1 heterocycles. The third kappa shape index (κ3) is 4.76. The molecule has 0 bridgehead atoms. The van der Waals surface area contributed by atoms with Crippen LogP contribution in [-0.2, 0) is 14.3 Å². The van der Waals surface area contributed by atoms with Crippen molar-refractivity contribution in [1.82, 2.24) is 0 Å². The van der Waals surface area contributed by atoms with Crippen LogP contribution in [0.1, 0.15) is 34.1 Å². The first-order valence-corrected chi connectivity index (χ1v) is 9.32. The van der Waals surface area contributed by atoms with Crippen molar-refractivity contribution in [2.75, 3.05) is 6.61 Å². The first-order valence-electron chi connectivity index (χ1n) is 9.32. The van der Waals surface area contributed by atoms with Gasteiger partial charge in [-0.1, -0.05) is 26.8 Å². The molecular weight excluding hydrogens is 356 g/mol. The highest BCUT2D eigenvalue weighted by Crippen LogP contribution is 2.46. The van der Waals surface area contributed by atoms with Gasteiger partial charge in [0.2, 0.25) is 0 Å². The van der Waals surface area contributed by atoms with Crippen molar-refractivity contribution in [2.24, 2.45) is 17.3 Å². The van der Waals surface area contributed by atoms with Gasteiger partial charge in [-0.2, -0.15) is 0 Å². The van der Waals surface area contributed by atoms with E-state index < -0.39 is 49.5 Å². The van der Waals surface area contributed by atoms with E-state index in [0.717, 1.165) is 0 Å². The molecule has 2 rings (SSSR count). The molecule has 1 saturated heterocycles. The van der Waals surface area contributed by atoms with Gasteiger partial charge in [0.05, 0.1) is 18.8 Å². The van der Waals surface area contributed by atoms with Crippen LogP contribution in [0.4, 0.5) is 0 Å². The Balaban J connectivity index is 2.14. The number of aliphatic hydroxyl groups excluding tert-OH is 5. The summed E-state index contributed by atoms with van der Waals surface area (Å²) >= 11 is 0. The van der Waals surface area contributed by atoms with Gasteiger partial charge < -0.3 is 35.0 Å². The molecule has 9 atom stereocenters. The molecule has 0 radical (unpaired) electrons. The number of hydrogen-bond donors (Lipinski definition) is 5. The molecule has 5 N–H and O–H groups in total. The Hall–Kier alpha value is -0.870. The summed E-state index contributed by atoms with van der Waals surface area (Å²) in [5.41, 5.74) is -0.302. The minimum Gasteiger partial charge on any atom is -0.394 e. The van der Waals surface area contributed by atoms with E-state index in [9.17, 15) is 30.3 Å². The Labute approximate surface area is 159 Å². The smallest absolute Gasteiger partial charge is 0.187 e. The molecule has 8 heteroatoms. The van der Waals surface area contributed by atoms with Gasteiger partial charge in [-0.3, -0.25) is 4.79 Å². The fourth-order valence-corrected chi connectivity index (χ4v) is 4.19. The summed E-state index contributed by atoms with van der Waals surface area (Å²) in [6.07, 6.45) is -4.65. The number of carbonyl (C=O) groups excluding carboxylic acids is 1. The average Bonchev–Trinajstić information content (AvgIpc) is 2.59. The lowest BCUT2D eigenvalue weighted by atomic mass is 9.62. The van der Waals surface area contributed by atoms with E-state index >= 15 is 0 Å². The van der Waals surface area contributed by atoms with Crippen LogP contribution in [0.2, 0.25) is 0 Å². The maximum atomic E-state index is 11.3. The molecule has 0 aromatic rings. The predicted octanol–water partition coefficient (Wildman–Crippen LogP) is -0.640. The van der Waals surface area contributed by atoms with Crippen LogP contribution in [-0.4, -0.2) is 80.8 Å². The van der Waals surface area contributed by atoms with Crippen molar-refractivity contribution in [1.29, 1.82) is 0 Å². The summed E-state index contributed by atoms with van der Waals surface area (Å²) in [4.78, 5) is 11.3. The Kier molecular flexibility index (Phi) is 7.18. The van der Waals surface area contributed by atoms with Crippen LogP contribution in [0.25, 0.3) is 0 Å². The fraction of sp³-hybridized carbons (Fsp3) is 0.842. The normalized spacial score (nSPS) is 45.1. The topological polar surface area (TPSA) is 137 Å². The molecule has 2 aliphatic rings. The number of ether oxygens (including phenoxy) is 2. The zero-order valence-electron chi connectivity index (χ0n) is 16.2. The number of carbonyl (C=O) groups is 1. The second kappa shape index (κ2) is 8.65. The van der Waals surface area contributed by atoms with Crippen LogP contribution in [0, 0.1) is 17.3 Å². The summed E-state index contributed by atoms with van der Waals surface area (Å²) in [6.45, 7) is 6.81. The van der Waals surface area contributed by atoms with E-state index in [2.05, 4.69) is 0 Å². The molecule has 0 aromatic carbocycles. The number of ketones is 1. The molecule has 0 spiro atoms. The Bertz CT molecular complexity index is 546. The van der Waals surface area contributed by atoms with E-state index in [1.54, 1.807) is 0 Å². The average molecular weight is 388 g/mol. The fourth-order valence-electron chi connectivity index (χ4n) is 4.19. The van der Waals surface area contributed by atoms with Gasteiger partial charge in [0.25, 0.3) is 0 Å². The zero-order chi connectivity index (χ0) is 20.5. The van der Waals surface area contributed by atoms with Crippen molar-refractivity contribution in [3.8, 4) is 0 Å². The van der Waals surface area contributed by atoms with Gasteiger partial charge >= 0.3 is 0 Å². The van der Waals surface area contributed by atoms with E-state index in [1.807, 2.05) is 26.8 Å². The monoisotopic (exact) mass is 388 g/mol. The predicted molar refractivity (Wildman–Crippen MR) is 95.5 cm³/mol. The molecule has 0 amide bonds. The molecule has 1 aliphatic heterocycles. The molecule has 8 nitrogen and oxygen atoms in total. The third-order valence-corrected chi connectivity index (χ3v) is 5.81. The van der Waals surface area contributed by atoms with Gasteiger partial charge in [-0.15, -0.1) is 0 Å². The zero-order valence-corrected chi connectivity index (χ0v) is 16.2. The van der Waals surface area contributed by atoms with E-state index in [1.165, 1.54) is 13.0 Å². The summed E-state index contributed by atoms with van der Waals surface area (Å²) in [6, 6.07) is 0. The van der Waals surface area contributed by atoms with Crippen LogP contribution < -0.4 is 0 Å². The minimum absolute atomic E-state index is 0.0500. The molecule has 27 heavy (non-hydrogen) atoms. The van der Waals surface area contributed by atoms with Gasteiger partial charge in [-0.05, 0) is 36.7 Å². The molecule has 2 fully saturated rings. The summed E-state index contributed by atoms with van der Waals surface area (Å²) in [5.74, 6) is -0.336. The van der Waals surface area contributed by atoms with Gasteiger partial charge in [0.15, 0.2) is 12.1 Å². The highest BCUT2D eigenvalue weighted by molar-refractivity contribution is 5.87. The van der Waals surface area contributed by atoms with Crippen LogP contribution in [0.15, 0.2) is 12.2 Å². The highest BCUT2D eigenvalue weighted by atomic mass is 16.7. The van der Waals surface area contributed by atoms with Gasteiger partial charge in [-0.25, -0.2) is 0 Å². The van der Waals surface area contributed by atoms with Gasteiger partial charge in [0.1, 0.15) is 24.4 Å². The minimum atomic E-state index is -1.53. The number of allylic oxidation sites excluding steroid dienone is 2. The summed E-state index contributed by atoms with van der Waals surface area (Å²) in [7, 11) is 0. The number of aliphatic hydroxyl groups is 5. The molecular formula is C19H32O8. The van der Waals surface area contributed by atoms with E-state index in [-0.39, 0.29) is 23.0 Å². The lowest BCUT2D eigenvalue weighted by Gasteiger charge is -2.49. The van der Waals surface area contributed by atoms with Crippen molar-refractivity contribution in [3.63, 3.8) is 0 Å². The lowest BCUT2D eigenvalue weighted by molar-refractivity contribution is -0.324. The standard InChI is InChI=1S/C19H32O8/c1-9(21)5-6-11-10(2)14(22)12(7-19(11,3)4)26-18-17(25)16(24)15(23)13(8-20)27-18/h5-6,10-18,20,22-25H,7-8H2,1-4H3/b6-5+/t10-,11-,12-,13+,14-,15+,16-,17+,18+/m0/s1. The Morgan fingerprint density at radius 3 is 2.33 bits per heavy atom. The SMILES string of the molecule is CC(=O)/C=C/[C@H]1[C@H](C)[C@H](O)[C@@H](O[C@@H]2O[C@H](CO)[C@@H](O)[C@H](O)[C@H]2O)CC1(C)C. The van der Waals surface area contributed by atoms with Crippen molar-refractivity contribution in [2.45, 2.75) is 77.0 Å². The molecule has 0 unspecified atom stereocenters. The summed E-state index contributed by atoms with van der Waals surface area (Å²) < 4.78 is 11.2. The maximum absolute atomic E-state index is 11.3. The lowest BCUT2D eigenvalue weighted by Crippen LogP contribution is -2.61. The summed E-state index contributed by atoms with van der Waals surface area (Å²) in [5, 5.41) is 49.9. The molecule has 1 saturated carbocycles. The highest BCUT2D eigenvalue weighted by Gasteiger charge is 2.50. The van der Waals surface area contributed by atoms with E-state index in [0.29, 0.717) is 6.42 Å². The quantitative estimate of drug-likeness (QED) is 0.392. The number of hydrogen-bond acceptors (Lipinski definition) is 8. The van der Waals surface area contributed by atoms with Gasteiger partial charge in [0, 0.05) is 0 Å². The molecule has 156 valence electrons. The van der Waals surface area contributed by atoms with Crippen LogP contribution >= 0.6 is 0 Å². The maximum Gasteiger partial charge on any atom is 0.187 e. The second-order valence-electron chi connectivity index (χ2n) is 8.41. The van der Waals surface area contributed by atoms with E-state index in [4.69, 9.17) is 9.47 Å². The number of rotatable bonds is 5. The van der Waals surface area contributed by atoms with Crippen LogP contribution in [0.5, 0.6) is 0 Å². The first-order chi connectivity index (χ1) is 12.5. The molecule has 1 aliphatic carbocycles. The van der Waals surface area contributed by atoms with Crippen molar-refractivity contribution >= 4 is 5.78 Å². The van der Waals surface area contributed by atoms with Crippen molar-refractivity contribution in [3.05, 3.63) is 12.2 Å². The third-order valence-electron chi connectivity index (χ3n) is 5.81. The second-order valence-corrected chi connectivity index (χ2v) is 8.41.